The van der Waals surface area contributed by atoms with Crippen LogP contribution in [0, 0.1) is 6.92 Å². The molecule has 1 N–H and O–H groups in total. The summed E-state index contributed by atoms with van der Waals surface area (Å²) in [6, 6.07) is 13.6. The van der Waals surface area contributed by atoms with Crippen molar-refractivity contribution >= 4 is 28.9 Å². The van der Waals surface area contributed by atoms with Gasteiger partial charge in [-0.25, -0.2) is 0 Å². The summed E-state index contributed by atoms with van der Waals surface area (Å²) in [5, 5.41) is 2.79. The first-order valence-electron chi connectivity index (χ1n) is 9.54. The van der Waals surface area contributed by atoms with Gasteiger partial charge in [0.25, 0.3) is 0 Å². The van der Waals surface area contributed by atoms with E-state index in [1.54, 1.807) is 4.90 Å². The smallest absolute Gasteiger partial charge is 0.316 e. The van der Waals surface area contributed by atoms with E-state index in [-0.39, 0.29) is 6.04 Å². The van der Waals surface area contributed by atoms with Gasteiger partial charge in [-0.1, -0.05) is 18.2 Å². The van der Waals surface area contributed by atoms with Crippen LogP contribution in [0.1, 0.15) is 31.9 Å². The molecule has 1 heterocycles. The lowest BCUT2D eigenvalue weighted by Gasteiger charge is -2.23. The molecule has 2 amide bonds. The number of carbonyl (C=O) groups is 2. The minimum Gasteiger partial charge on any atom is -0.372 e. The van der Waals surface area contributed by atoms with E-state index < -0.39 is 11.8 Å². The molecule has 5 heteroatoms. The van der Waals surface area contributed by atoms with E-state index in [0.717, 1.165) is 42.0 Å². The van der Waals surface area contributed by atoms with Gasteiger partial charge in [-0.2, -0.15) is 0 Å². The zero-order valence-electron chi connectivity index (χ0n) is 16.5. The Morgan fingerprint density at radius 2 is 1.85 bits per heavy atom. The molecule has 0 aliphatic carbocycles. The molecule has 1 unspecified atom stereocenters. The van der Waals surface area contributed by atoms with Crippen molar-refractivity contribution in [2.24, 2.45) is 0 Å². The van der Waals surface area contributed by atoms with Crippen LogP contribution in [0.4, 0.5) is 17.1 Å². The number of aryl methyl sites for hydroxylation is 1. The quantitative estimate of drug-likeness (QED) is 0.840. The highest BCUT2D eigenvalue weighted by Crippen LogP contribution is 2.32. The van der Waals surface area contributed by atoms with Crippen LogP contribution in [0.5, 0.6) is 0 Å². The second-order valence-electron chi connectivity index (χ2n) is 6.98. The molecule has 0 saturated heterocycles. The maximum atomic E-state index is 12.8. The van der Waals surface area contributed by atoms with Crippen LogP contribution in [0.15, 0.2) is 42.5 Å². The standard InChI is InChI=1S/C22H27N3O2/c1-5-24(6-2)18-11-12-19(15(3)13-18)23-21(26)22(27)25-16(4)14-17-9-7-8-10-20(17)25/h7-13,16H,5-6,14H2,1-4H3,(H,23,26). The summed E-state index contributed by atoms with van der Waals surface area (Å²) < 4.78 is 0. The Balaban J connectivity index is 1.77. The second kappa shape index (κ2) is 7.82. The van der Waals surface area contributed by atoms with Crippen LogP contribution in [0.25, 0.3) is 0 Å². The lowest BCUT2D eigenvalue weighted by atomic mass is 10.1. The van der Waals surface area contributed by atoms with Crippen LogP contribution >= 0.6 is 0 Å². The van der Waals surface area contributed by atoms with Crippen LogP contribution in [0.3, 0.4) is 0 Å². The first-order valence-corrected chi connectivity index (χ1v) is 9.54. The third-order valence-corrected chi connectivity index (χ3v) is 5.21. The van der Waals surface area contributed by atoms with E-state index in [0.29, 0.717) is 5.69 Å². The molecule has 1 aliphatic rings. The monoisotopic (exact) mass is 365 g/mol. The van der Waals surface area contributed by atoms with Gasteiger partial charge >= 0.3 is 11.8 Å². The second-order valence-corrected chi connectivity index (χ2v) is 6.98. The summed E-state index contributed by atoms with van der Waals surface area (Å²) in [5.74, 6) is -1.11. The number of anilines is 3. The minimum atomic E-state index is -0.600. The summed E-state index contributed by atoms with van der Waals surface area (Å²) in [4.78, 5) is 29.3. The summed E-state index contributed by atoms with van der Waals surface area (Å²) >= 11 is 0. The molecule has 0 aromatic heterocycles. The molecule has 0 fully saturated rings. The number of benzene rings is 2. The van der Waals surface area contributed by atoms with E-state index in [1.807, 2.05) is 56.3 Å². The van der Waals surface area contributed by atoms with Crippen molar-refractivity contribution in [2.75, 3.05) is 28.2 Å². The summed E-state index contributed by atoms with van der Waals surface area (Å²) in [6.07, 6.45) is 0.771. The Morgan fingerprint density at radius 1 is 1.15 bits per heavy atom. The van der Waals surface area contributed by atoms with Crippen molar-refractivity contribution in [1.29, 1.82) is 0 Å². The normalized spacial score (nSPS) is 15.4. The number of carbonyl (C=O) groups excluding carboxylic acids is 2. The van der Waals surface area contributed by atoms with Gasteiger partial charge in [-0.3, -0.25) is 9.59 Å². The zero-order valence-corrected chi connectivity index (χ0v) is 16.5. The maximum absolute atomic E-state index is 12.8. The van der Waals surface area contributed by atoms with Crippen molar-refractivity contribution in [3.8, 4) is 0 Å². The Kier molecular flexibility index (Phi) is 5.49. The topological polar surface area (TPSA) is 52.7 Å². The first-order chi connectivity index (χ1) is 13.0. The van der Waals surface area contributed by atoms with Gasteiger partial charge in [0, 0.05) is 36.2 Å². The molecule has 27 heavy (non-hydrogen) atoms. The van der Waals surface area contributed by atoms with E-state index in [1.165, 1.54) is 0 Å². The Labute approximate surface area is 161 Å². The number of nitrogens with zero attached hydrogens (tertiary/aromatic N) is 2. The number of amides is 2. The number of hydrogen-bond acceptors (Lipinski definition) is 3. The fourth-order valence-electron chi connectivity index (χ4n) is 3.73. The van der Waals surface area contributed by atoms with Gasteiger partial charge in [-0.05, 0) is 69.5 Å². The largest absolute Gasteiger partial charge is 0.372 e. The van der Waals surface area contributed by atoms with Crippen molar-refractivity contribution in [2.45, 2.75) is 40.2 Å². The maximum Gasteiger partial charge on any atom is 0.316 e. The van der Waals surface area contributed by atoms with Crippen LogP contribution < -0.4 is 15.1 Å². The summed E-state index contributed by atoms with van der Waals surface area (Å²) in [5.41, 5.74) is 4.66. The molecule has 5 nitrogen and oxygen atoms in total. The molecule has 1 atom stereocenters. The molecular formula is C22H27N3O2. The van der Waals surface area contributed by atoms with Crippen LogP contribution in [0.2, 0.25) is 0 Å². The highest BCUT2D eigenvalue weighted by molar-refractivity contribution is 6.44. The first kappa shape index (κ1) is 19.0. The SMILES string of the molecule is CCN(CC)c1ccc(NC(=O)C(=O)N2c3ccccc3CC2C)c(C)c1. The molecule has 0 saturated carbocycles. The van der Waals surface area contributed by atoms with Crippen molar-refractivity contribution in [3.05, 3.63) is 53.6 Å². The molecule has 0 spiro atoms. The lowest BCUT2D eigenvalue weighted by molar-refractivity contribution is -0.134. The Hall–Kier alpha value is -2.82. The average molecular weight is 365 g/mol. The fraction of sp³-hybridized carbons (Fsp3) is 0.364. The number of para-hydroxylation sites is 1. The van der Waals surface area contributed by atoms with E-state index >= 15 is 0 Å². The third kappa shape index (κ3) is 3.68. The van der Waals surface area contributed by atoms with Crippen molar-refractivity contribution in [3.63, 3.8) is 0 Å². The summed E-state index contributed by atoms with van der Waals surface area (Å²) in [6.45, 7) is 9.99. The minimum absolute atomic E-state index is 0.0215. The number of hydrogen-bond donors (Lipinski definition) is 1. The predicted molar refractivity (Wildman–Crippen MR) is 110 cm³/mol. The van der Waals surface area contributed by atoms with Crippen molar-refractivity contribution < 1.29 is 9.59 Å². The summed E-state index contributed by atoms with van der Waals surface area (Å²) in [7, 11) is 0. The highest BCUT2D eigenvalue weighted by atomic mass is 16.2. The predicted octanol–water partition coefficient (Wildman–Crippen LogP) is 3.76. The highest BCUT2D eigenvalue weighted by Gasteiger charge is 2.34. The molecule has 2 aromatic carbocycles. The molecule has 142 valence electrons. The number of nitrogens with one attached hydrogen (secondary N) is 1. The molecular weight excluding hydrogens is 338 g/mol. The number of rotatable bonds is 4. The Bertz CT molecular complexity index is 858. The average Bonchev–Trinajstić information content (AvgIpc) is 2.99. The van der Waals surface area contributed by atoms with E-state index in [9.17, 15) is 9.59 Å². The van der Waals surface area contributed by atoms with E-state index in [2.05, 4.69) is 24.1 Å². The van der Waals surface area contributed by atoms with Crippen molar-refractivity contribution in [1.82, 2.24) is 0 Å². The van der Waals surface area contributed by atoms with Gasteiger partial charge in [0.1, 0.15) is 0 Å². The van der Waals surface area contributed by atoms with Crippen LogP contribution in [-0.2, 0) is 16.0 Å². The van der Waals surface area contributed by atoms with Gasteiger partial charge < -0.3 is 15.1 Å². The lowest BCUT2D eigenvalue weighted by Crippen LogP contribution is -2.43. The van der Waals surface area contributed by atoms with Gasteiger partial charge in [0.05, 0.1) is 0 Å². The molecule has 2 aromatic rings. The molecule has 3 rings (SSSR count). The van der Waals surface area contributed by atoms with Gasteiger partial charge in [-0.15, -0.1) is 0 Å². The Morgan fingerprint density at radius 3 is 2.52 bits per heavy atom. The molecule has 1 aliphatic heterocycles. The molecule has 0 bridgehead atoms. The molecule has 0 radical (unpaired) electrons. The van der Waals surface area contributed by atoms with E-state index in [4.69, 9.17) is 0 Å². The third-order valence-electron chi connectivity index (χ3n) is 5.21. The van der Waals surface area contributed by atoms with Crippen LogP contribution in [-0.4, -0.2) is 30.9 Å². The zero-order chi connectivity index (χ0) is 19.6. The van der Waals surface area contributed by atoms with Gasteiger partial charge in [0.2, 0.25) is 0 Å². The fourth-order valence-corrected chi connectivity index (χ4v) is 3.73. The number of fused-ring (bicyclic) bond motifs is 1. The van der Waals surface area contributed by atoms with Gasteiger partial charge in [0.15, 0.2) is 0 Å².